The van der Waals surface area contributed by atoms with E-state index in [2.05, 4.69) is 36.0 Å². The molecule has 2 aromatic heterocycles. The molecule has 128 valence electrons. The van der Waals surface area contributed by atoms with Crippen LogP contribution in [-0.2, 0) is 16.0 Å². The highest BCUT2D eigenvalue weighted by atomic mass is 16.5. The van der Waals surface area contributed by atoms with Gasteiger partial charge in [0.25, 0.3) is 5.95 Å². The maximum Gasteiger partial charge on any atom is 0.323 e. The van der Waals surface area contributed by atoms with Gasteiger partial charge >= 0.3 is 5.97 Å². The Hall–Kier alpha value is -2.68. The number of aryl methyl sites for hydroxylation is 1. The molecule has 2 heterocycles. The molecule has 24 heavy (non-hydrogen) atoms. The minimum Gasteiger partial charge on any atom is -0.468 e. The van der Waals surface area contributed by atoms with Crippen molar-refractivity contribution in [1.82, 2.24) is 30.7 Å². The molecule has 0 radical (unpaired) electrons. The number of anilines is 2. The molecule has 0 aliphatic carbocycles. The Morgan fingerprint density at radius 1 is 1.21 bits per heavy atom. The second-order valence-corrected chi connectivity index (χ2v) is 5.55. The summed E-state index contributed by atoms with van der Waals surface area (Å²) in [5.41, 5.74) is 0.908. The molecule has 0 saturated carbocycles. The average molecular weight is 331 g/mol. The fraction of sp³-hybridized carbons (Fsp3) is 0.467. The normalized spacial score (nSPS) is 12.0. The second-order valence-electron chi connectivity index (χ2n) is 5.55. The smallest absolute Gasteiger partial charge is 0.323 e. The highest BCUT2D eigenvalue weighted by Crippen LogP contribution is 2.11. The first-order chi connectivity index (χ1) is 11.5. The molecule has 0 aliphatic rings. The van der Waals surface area contributed by atoms with Gasteiger partial charge in [0.15, 0.2) is 5.82 Å². The lowest BCUT2D eigenvalue weighted by molar-refractivity contribution is -0.143. The summed E-state index contributed by atoms with van der Waals surface area (Å²) in [5.74, 6) is 1.04. The van der Waals surface area contributed by atoms with Crippen molar-refractivity contribution in [2.45, 2.75) is 39.3 Å². The highest BCUT2D eigenvalue weighted by Gasteiger charge is 2.20. The van der Waals surface area contributed by atoms with Crippen molar-refractivity contribution in [2.24, 2.45) is 0 Å². The van der Waals surface area contributed by atoms with Gasteiger partial charge in [0.05, 0.1) is 7.11 Å². The van der Waals surface area contributed by atoms with E-state index in [1.54, 1.807) is 19.2 Å². The largest absolute Gasteiger partial charge is 0.468 e. The van der Waals surface area contributed by atoms with Crippen LogP contribution in [0.5, 0.6) is 0 Å². The molecule has 0 saturated heterocycles. The van der Waals surface area contributed by atoms with Crippen LogP contribution < -0.4 is 10.6 Å². The van der Waals surface area contributed by atoms with Crippen molar-refractivity contribution in [1.29, 1.82) is 0 Å². The van der Waals surface area contributed by atoms with E-state index in [0.717, 1.165) is 5.56 Å². The molecule has 1 atom stereocenters. The van der Waals surface area contributed by atoms with Gasteiger partial charge in [-0.3, -0.25) is 4.79 Å². The van der Waals surface area contributed by atoms with Gasteiger partial charge in [0.1, 0.15) is 11.9 Å². The average Bonchev–Trinajstić information content (AvgIpc) is 2.57. The third-order valence-corrected chi connectivity index (χ3v) is 3.10. The van der Waals surface area contributed by atoms with Crippen molar-refractivity contribution >= 4 is 17.7 Å². The van der Waals surface area contributed by atoms with Gasteiger partial charge in [-0.05, 0) is 25.0 Å². The molecule has 2 rings (SSSR count). The molecule has 0 fully saturated rings. The molecule has 0 spiro atoms. The number of rotatable bonds is 7. The van der Waals surface area contributed by atoms with E-state index >= 15 is 0 Å². The molecular weight excluding hydrogens is 310 g/mol. The van der Waals surface area contributed by atoms with E-state index in [1.165, 1.54) is 7.11 Å². The zero-order valence-corrected chi connectivity index (χ0v) is 14.1. The lowest BCUT2D eigenvalue weighted by Gasteiger charge is -2.19. The number of methoxy groups -OCH3 is 1. The van der Waals surface area contributed by atoms with Crippen LogP contribution in [0.3, 0.4) is 0 Å². The Morgan fingerprint density at radius 2 is 1.92 bits per heavy atom. The maximum absolute atomic E-state index is 11.8. The number of ether oxygens (including phenoxy) is 1. The van der Waals surface area contributed by atoms with Crippen molar-refractivity contribution in [3.8, 4) is 0 Å². The number of aromatic nitrogens is 5. The van der Waals surface area contributed by atoms with Gasteiger partial charge in [0, 0.05) is 12.2 Å². The summed E-state index contributed by atoms with van der Waals surface area (Å²) in [6.07, 6.45) is 2.18. The van der Waals surface area contributed by atoms with Crippen LogP contribution in [0, 0.1) is 6.92 Å². The Kier molecular flexibility index (Phi) is 6.07. The predicted octanol–water partition coefficient (Wildman–Crippen LogP) is 0.796. The van der Waals surface area contributed by atoms with Crippen molar-refractivity contribution in [3.05, 3.63) is 29.7 Å². The van der Waals surface area contributed by atoms with Crippen molar-refractivity contribution < 1.29 is 9.53 Å². The Morgan fingerprint density at radius 3 is 2.46 bits per heavy atom. The zero-order valence-electron chi connectivity index (χ0n) is 14.1. The summed E-state index contributed by atoms with van der Waals surface area (Å²) in [7, 11) is 1.38. The Labute approximate surface area is 140 Å². The van der Waals surface area contributed by atoms with Crippen LogP contribution in [0.25, 0.3) is 0 Å². The number of carbonyl (C=O) groups excluding carboxylic acids is 1. The summed E-state index contributed by atoms with van der Waals surface area (Å²) in [5, 5.41) is 21.5. The van der Waals surface area contributed by atoms with Gasteiger partial charge in [0.2, 0.25) is 0 Å². The van der Waals surface area contributed by atoms with Gasteiger partial charge in [-0.25, -0.2) is 4.98 Å². The van der Waals surface area contributed by atoms with Gasteiger partial charge in [-0.15, -0.1) is 20.4 Å². The summed E-state index contributed by atoms with van der Waals surface area (Å²) >= 11 is 0. The summed E-state index contributed by atoms with van der Waals surface area (Å²) in [6.45, 7) is 5.66. The number of hydrogen-bond acceptors (Lipinski definition) is 9. The number of hydrogen-bond donors (Lipinski definition) is 2. The molecular formula is C15H21N7O2. The van der Waals surface area contributed by atoms with Crippen LogP contribution in [0.2, 0.25) is 0 Å². The molecule has 2 aromatic rings. The molecule has 1 unspecified atom stereocenters. The summed E-state index contributed by atoms with van der Waals surface area (Å²) in [4.78, 5) is 16.1. The van der Waals surface area contributed by atoms with Gasteiger partial charge < -0.3 is 15.4 Å². The SMILES string of the molecule is COC(=O)C(Cc1ccc(Nc2nnc(C)nn2)nc1)NC(C)C. The van der Waals surface area contributed by atoms with Gasteiger partial charge in [-0.2, -0.15) is 0 Å². The van der Waals surface area contributed by atoms with Crippen molar-refractivity contribution in [2.75, 3.05) is 12.4 Å². The molecule has 0 aromatic carbocycles. The Bertz CT molecular complexity index is 659. The van der Waals surface area contributed by atoms with Crippen LogP contribution in [0.4, 0.5) is 11.8 Å². The van der Waals surface area contributed by atoms with E-state index in [1.807, 2.05) is 19.9 Å². The third-order valence-electron chi connectivity index (χ3n) is 3.10. The monoisotopic (exact) mass is 331 g/mol. The summed E-state index contributed by atoms with van der Waals surface area (Å²) < 4.78 is 4.83. The van der Waals surface area contributed by atoms with Gasteiger partial charge in [-0.1, -0.05) is 19.9 Å². The van der Waals surface area contributed by atoms with Crippen LogP contribution in [0.1, 0.15) is 25.2 Å². The fourth-order valence-electron chi connectivity index (χ4n) is 2.05. The minimum atomic E-state index is -0.413. The minimum absolute atomic E-state index is 0.168. The van der Waals surface area contributed by atoms with E-state index in [0.29, 0.717) is 18.1 Å². The quantitative estimate of drug-likeness (QED) is 0.711. The fourth-order valence-corrected chi connectivity index (χ4v) is 2.05. The first-order valence-corrected chi connectivity index (χ1v) is 7.57. The van der Waals surface area contributed by atoms with Crippen LogP contribution in [0.15, 0.2) is 18.3 Å². The van der Waals surface area contributed by atoms with E-state index in [4.69, 9.17) is 4.74 Å². The molecule has 0 bridgehead atoms. The second kappa shape index (κ2) is 8.25. The number of pyridine rings is 1. The van der Waals surface area contributed by atoms with E-state index in [-0.39, 0.29) is 18.0 Å². The molecule has 9 nitrogen and oxygen atoms in total. The van der Waals surface area contributed by atoms with Crippen LogP contribution in [-0.4, -0.2) is 50.5 Å². The topological polar surface area (TPSA) is 115 Å². The summed E-state index contributed by atoms with van der Waals surface area (Å²) in [6, 6.07) is 3.41. The number of nitrogens with one attached hydrogen (secondary N) is 2. The highest BCUT2D eigenvalue weighted by molar-refractivity contribution is 5.76. The van der Waals surface area contributed by atoms with E-state index in [9.17, 15) is 4.79 Å². The maximum atomic E-state index is 11.8. The van der Waals surface area contributed by atoms with E-state index < -0.39 is 6.04 Å². The lowest BCUT2D eigenvalue weighted by Crippen LogP contribution is -2.43. The number of esters is 1. The number of nitrogens with zero attached hydrogens (tertiary/aromatic N) is 5. The van der Waals surface area contributed by atoms with Crippen LogP contribution >= 0.6 is 0 Å². The molecule has 9 heteroatoms. The Balaban J connectivity index is 2.02. The lowest BCUT2D eigenvalue weighted by atomic mass is 10.1. The number of carbonyl (C=O) groups is 1. The van der Waals surface area contributed by atoms with Crippen molar-refractivity contribution in [3.63, 3.8) is 0 Å². The molecule has 2 N–H and O–H groups in total. The zero-order chi connectivity index (χ0) is 17.5. The predicted molar refractivity (Wildman–Crippen MR) is 87.7 cm³/mol. The standard InChI is InChI=1S/C15H21N7O2/c1-9(2)17-12(14(23)24-4)7-11-5-6-13(16-8-11)18-15-21-19-10(3)20-22-15/h5-6,8-9,12,17H,7H2,1-4H3,(H,16,18,21,22). The third kappa shape index (κ3) is 5.20. The molecule has 0 amide bonds. The molecule has 0 aliphatic heterocycles. The first kappa shape index (κ1) is 17.7. The first-order valence-electron chi connectivity index (χ1n) is 7.57.